The van der Waals surface area contributed by atoms with Crippen molar-refractivity contribution in [2.45, 2.75) is 6.42 Å². The summed E-state index contributed by atoms with van der Waals surface area (Å²) in [5.41, 5.74) is 2.01. The minimum Gasteiger partial charge on any atom is -0.351 e. The first kappa shape index (κ1) is 15.3. The maximum absolute atomic E-state index is 11.9. The highest BCUT2D eigenvalue weighted by Gasteiger charge is 2.25. The molecule has 1 aromatic rings. The molecule has 0 saturated carbocycles. The van der Waals surface area contributed by atoms with E-state index >= 15 is 0 Å². The zero-order valence-electron chi connectivity index (χ0n) is 12.5. The Bertz CT molecular complexity index is 552. The lowest BCUT2D eigenvalue weighted by atomic mass is 10.2. The second kappa shape index (κ2) is 7.04. The lowest BCUT2D eigenvalue weighted by molar-refractivity contribution is -0.118. The molecule has 0 atom stereocenters. The Morgan fingerprint density at radius 1 is 1.38 bits per heavy atom. The van der Waals surface area contributed by atoms with E-state index in [1.54, 1.807) is 4.90 Å². The number of fused-ring (bicyclic) bond motifs is 1. The first-order valence-electron chi connectivity index (χ1n) is 7.05. The fourth-order valence-corrected chi connectivity index (χ4v) is 2.28. The highest BCUT2D eigenvalue weighted by atomic mass is 16.2. The Labute approximate surface area is 125 Å². The van der Waals surface area contributed by atoms with Gasteiger partial charge in [-0.1, -0.05) is 24.3 Å². The monoisotopic (exact) mass is 287 g/mol. The van der Waals surface area contributed by atoms with E-state index in [0.717, 1.165) is 17.8 Å². The van der Waals surface area contributed by atoms with Crippen LogP contribution in [0.15, 0.2) is 36.4 Å². The van der Waals surface area contributed by atoms with E-state index in [-0.39, 0.29) is 11.8 Å². The van der Waals surface area contributed by atoms with Gasteiger partial charge in [0.25, 0.3) is 0 Å². The number of rotatable bonds is 6. The number of nitrogens with one attached hydrogen (secondary N) is 1. The van der Waals surface area contributed by atoms with Gasteiger partial charge in [-0.3, -0.25) is 9.59 Å². The Kier molecular flexibility index (Phi) is 5.11. The molecule has 0 unspecified atom stereocenters. The number of hydrogen-bond donors (Lipinski definition) is 1. The summed E-state index contributed by atoms with van der Waals surface area (Å²) in [5.74, 6) is -0.0367. The van der Waals surface area contributed by atoms with Crippen molar-refractivity contribution in [3.05, 3.63) is 42.0 Å². The number of anilines is 1. The fourth-order valence-electron chi connectivity index (χ4n) is 2.28. The predicted octanol–water partition coefficient (Wildman–Crippen LogP) is 0.810. The Morgan fingerprint density at radius 2 is 2.14 bits per heavy atom. The quantitative estimate of drug-likeness (QED) is 0.788. The molecule has 0 aromatic heterocycles. The summed E-state index contributed by atoms with van der Waals surface area (Å²) >= 11 is 0. The van der Waals surface area contributed by atoms with Crippen molar-refractivity contribution in [3.8, 4) is 0 Å². The molecular weight excluding hydrogens is 266 g/mol. The number of carbonyl (C=O) groups is 2. The second-order valence-corrected chi connectivity index (χ2v) is 5.31. The molecule has 1 aliphatic heterocycles. The van der Waals surface area contributed by atoms with Gasteiger partial charge < -0.3 is 15.1 Å². The number of para-hydroxylation sites is 1. The Balaban J connectivity index is 1.80. The fraction of sp³-hybridized carbons (Fsp3) is 0.375. The first-order chi connectivity index (χ1) is 10.1. The van der Waals surface area contributed by atoms with E-state index in [0.29, 0.717) is 19.5 Å². The van der Waals surface area contributed by atoms with Gasteiger partial charge >= 0.3 is 0 Å². The van der Waals surface area contributed by atoms with Crippen molar-refractivity contribution in [1.82, 2.24) is 10.2 Å². The van der Waals surface area contributed by atoms with Gasteiger partial charge in [0.1, 0.15) is 0 Å². The SMILES string of the molecule is CN(C)C/C=C/C(=O)NCCN1C(=O)Cc2ccccc21. The average Bonchev–Trinajstić information content (AvgIpc) is 2.75. The summed E-state index contributed by atoms with van der Waals surface area (Å²) < 4.78 is 0. The number of carbonyl (C=O) groups excluding carboxylic acids is 2. The van der Waals surface area contributed by atoms with Crippen LogP contribution in [0.1, 0.15) is 5.56 Å². The van der Waals surface area contributed by atoms with E-state index < -0.39 is 0 Å². The molecule has 0 aliphatic carbocycles. The number of nitrogens with zero attached hydrogens (tertiary/aromatic N) is 2. The van der Waals surface area contributed by atoms with Crippen molar-refractivity contribution in [2.24, 2.45) is 0 Å². The summed E-state index contributed by atoms with van der Waals surface area (Å²) in [7, 11) is 3.89. The van der Waals surface area contributed by atoms with Crippen LogP contribution in [-0.2, 0) is 16.0 Å². The second-order valence-electron chi connectivity index (χ2n) is 5.31. The molecule has 1 aliphatic rings. The van der Waals surface area contributed by atoms with Gasteiger partial charge in [-0.25, -0.2) is 0 Å². The highest BCUT2D eigenvalue weighted by Crippen LogP contribution is 2.27. The van der Waals surface area contributed by atoms with Crippen LogP contribution in [0.3, 0.4) is 0 Å². The van der Waals surface area contributed by atoms with E-state index in [1.165, 1.54) is 6.08 Å². The molecular formula is C16H21N3O2. The molecule has 0 fully saturated rings. The first-order valence-corrected chi connectivity index (χ1v) is 7.05. The van der Waals surface area contributed by atoms with Gasteiger partial charge in [0.15, 0.2) is 0 Å². The molecule has 112 valence electrons. The van der Waals surface area contributed by atoms with Crippen LogP contribution in [0.4, 0.5) is 5.69 Å². The van der Waals surface area contributed by atoms with Gasteiger partial charge in [0.05, 0.1) is 6.42 Å². The summed E-state index contributed by atoms with van der Waals surface area (Å²) in [6.45, 7) is 1.68. The van der Waals surface area contributed by atoms with E-state index in [1.807, 2.05) is 49.3 Å². The average molecular weight is 287 g/mol. The maximum Gasteiger partial charge on any atom is 0.243 e. The van der Waals surface area contributed by atoms with Crippen LogP contribution in [0.2, 0.25) is 0 Å². The number of benzene rings is 1. The smallest absolute Gasteiger partial charge is 0.243 e. The molecule has 0 bridgehead atoms. The number of hydrogen-bond acceptors (Lipinski definition) is 3. The third kappa shape index (κ3) is 4.16. The van der Waals surface area contributed by atoms with Gasteiger partial charge in [-0.05, 0) is 25.7 Å². The maximum atomic E-state index is 11.9. The molecule has 1 N–H and O–H groups in total. The topological polar surface area (TPSA) is 52.7 Å². The lowest BCUT2D eigenvalue weighted by Gasteiger charge is -2.17. The summed E-state index contributed by atoms with van der Waals surface area (Å²) in [6.07, 6.45) is 3.79. The molecule has 5 heteroatoms. The van der Waals surface area contributed by atoms with Crippen molar-refractivity contribution in [3.63, 3.8) is 0 Å². The van der Waals surface area contributed by atoms with Gasteiger partial charge in [-0.2, -0.15) is 0 Å². The predicted molar refractivity (Wildman–Crippen MR) is 83.2 cm³/mol. The molecule has 5 nitrogen and oxygen atoms in total. The molecule has 1 aromatic carbocycles. The van der Waals surface area contributed by atoms with Crippen molar-refractivity contribution >= 4 is 17.5 Å². The normalized spacial score (nSPS) is 14.0. The van der Waals surface area contributed by atoms with E-state index in [2.05, 4.69) is 5.32 Å². The Hall–Kier alpha value is -2.14. The molecule has 0 saturated heterocycles. The number of likely N-dealkylation sites (N-methyl/N-ethyl adjacent to an activating group) is 1. The van der Waals surface area contributed by atoms with Crippen LogP contribution in [0.25, 0.3) is 0 Å². The van der Waals surface area contributed by atoms with Crippen LogP contribution in [0.5, 0.6) is 0 Å². The van der Waals surface area contributed by atoms with Crippen LogP contribution < -0.4 is 10.2 Å². The zero-order valence-corrected chi connectivity index (χ0v) is 12.5. The molecule has 0 radical (unpaired) electrons. The van der Waals surface area contributed by atoms with Crippen molar-refractivity contribution < 1.29 is 9.59 Å². The Morgan fingerprint density at radius 3 is 2.90 bits per heavy atom. The van der Waals surface area contributed by atoms with Gasteiger partial charge in [-0.15, -0.1) is 0 Å². The van der Waals surface area contributed by atoms with Crippen LogP contribution in [0, 0.1) is 0 Å². The highest BCUT2D eigenvalue weighted by molar-refractivity contribution is 6.01. The van der Waals surface area contributed by atoms with E-state index in [9.17, 15) is 9.59 Å². The third-order valence-corrected chi connectivity index (χ3v) is 3.30. The third-order valence-electron chi connectivity index (χ3n) is 3.30. The summed E-state index contributed by atoms with van der Waals surface area (Å²) in [6, 6.07) is 7.77. The summed E-state index contributed by atoms with van der Waals surface area (Å²) in [4.78, 5) is 27.3. The van der Waals surface area contributed by atoms with Gasteiger partial charge in [0, 0.05) is 31.4 Å². The van der Waals surface area contributed by atoms with Gasteiger partial charge in [0.2, 0.25) is 11.8 Å². The molecule has 1 heterocycles. The lowest BCUT2D eigenvalue weighted by Crippen LogP contribution is -2.36. The standard InChI is InChI=1S/C16H21N3O2/c1-18(2)10-5-8-15(20)17-9-11-19-14-7-4-3-6-13(14)12-16(19)21/h3-8H,9-12H2,1-2H3,(H,17,20)/b8-5+. The zero-order chi connectivity index (χ0) is 15.2. The summed E-state index contributed by atoms with van der Waals surface area (Å²) in [5, 5.41) is 2.80. The molecule has 2 amide bonds. The minimum absolute atomic E-state index is 0.0913. The molecule has 0 spiro atoms. The molecule has 21 heavy (non-hydrogen) atoms. The number of amides is 2. The largest absolute Gasteiger partial charge is 0.351 e. The van der Waals surface area contributed by atoms with Crippen molar-refractivity contribution in [2.75, 3.05) is 38.6 Å². The minimum atomic E-state index is -0.128. The van der Waals surface area contributed by atoms with Crippen LogP contribution >= 0.6 is 0 Å². The van der Waals surface area contributed by atoms with Crippen molar-refractivity contribution in [1.29, 1.82) is 0 Å². The van der Waals surface area contributed by atoms with Crippen LogP contribution in [-0.4, -0.2) is 50.4 Å². The van der Waals surface area contributed by atoms with E-state index in [4.69, 9.17) is 0 Å². The molecule has 2 rings (SSSR count).